The lowest BCUT2D eigenvalue weighted by Crippen LogP contribution is -2.52. The third kappa shape index (κ3) is 2.78. The van der Waals surface area contributed by atoms with Gasteiger partial charge in [-0.05, 0) is 38.3 Å². The van der Waals surface area contributed by atoms with Crippen molar-refractivity contribution < 1.29 is 9.21 Å². The van der Waals surface area contributed by atoms with Crippen molar-refractivity contribution in [3.63, 3.8) is 0 Å². The van der Waals surface area contributed by atoms with Gasteiger partial charge in [0.05, 0.1) is 6.33 Å². The van der Waals surface area contributed by atoms with E-state index in [-0.39, 0.29) is 35.7 Å². The number of carbonyl (C=O) groups is 1. The first-order valence-electron chi connectivity index (χ1n) is 8.98. The molecule has 7 nitrogen and oxygen atoms in total. The molecule has 1 aromatic carbocycles. The van der Waals surface area contributed by atoms with Crippen LogP contribution in [0.4, 0.5) is 0 Å². The fourth-order valence-corrected chi connectivity index (χ4v) is 3.78. The van der Waals surface area contributed by atoms with Crippen LogP contribution in [0.1, 0.15) is 26.2 Å². The number of para-hydroxylation sites is 1. The largest absolute Gasteiger partial charge is 0.448 e. The van der Waals surface area contributed by atoms with Gasteiger partial charge in [0.15, 0.2) is 0 Å². The lowest BCUT2D eigenvalue weighted by Gasteiger charge is -2.38. The van der Waals surface area contributed by atoms with Crippen LogP contribution in [0.25, 0.3) is 22.1 Å². The molecule has 0 radical (unpaired) electrons. The molecule has 1 saturated heterocycles. The Morgan fingerprint density at radius 2 is 2.19 bits per heavy atom. The Morgan fingerprint density at radius 3 is 3.00 bits per heavy atom. The van der Waals surface area contributed by atoms with E-state index in [9.17, 15) is 9.59 Å². The van der Waals surface area contributed by atoms with Crippen LogP contribution in [-0.4, -0.2) is 39.0 Å². The maximum Gasteiger partial charge on any atom is 0.297 e. The Kier molecular flexibility index (Phi) is 4.24. The van der Waals surface area contributed by atoms with Crippen LogP contribution in [-0.2, 0) is 11.3 Å². The van der Waals surface area contributed by atoms with E-state index < -0.39 is 0 Å². The minimum atomic E-state index is -0.339. The van der Waals surface area contributed by atoms with Crippen LogP contribution in [0.2, 0.25) is 0 Å². The molecule has 1 aliphatic rings. The number of hydrogen-bond acceptors (Lipinski definition) is 5. The molecule has 0 saturated carbocycles. The van der Waals surface area contributed by atoms with E-state index in [2.05, 4.69) is 4.98 Å². The second-order valence-corrected chi connectivity index (χ2v) is 6.96. The number of fused-ring (bicyclic) bond motifs is 3. The van der Waals surface area contributed by atoms with Gasteiger partial charge in [-0.2, -0.15) is 0 Å². The zero-order valence-electron chi connectivity index (χ0n) is 14.7. The molecule has 136 valence electrons. The van der Waals surface area contributed by atoms with Crippen molar-refractivity contribution in [3.05, 3.63) is 40.9 Å². The predicted octanol–water partition coefficient (Wildman–Crippen LogP) is 1.87. The van der Waals surface area contributed by atoms with E-state index in [0.717, 1.165) is 24.6 Å². The molecule has 2 N–H and O–H groups in total. The van der Waals surface area contributed by atoms with Crippen molar-refractivity contribution >= 4 is 28.0 Å². The molecule has 1 aliphatic heterocycles. The van der Waals surface area contributed by atoms with E-state index >= 15 is 0 Å². The topological polar surface area (TPSA) is 94.4 Å². The number of likely N-dealkylation sites (tertiary alicyclic amines) is 1. The van der Waals surface area contributed by atoms with E-state index in [1.807, 2.05) is 30.0 Å². The molecular weight excluding hydrogens is 332 g/mol. The maximum atomic E-state index is 12.8. The molecule has 3 aromatic rings. The molecular formula is C19H22N4O3. The third-order valence-corrected chi connectivity index (χ3v) is 5.13. The zero-order chi connectivity index (χ0) is 18.3. The number of aromatic nitrogens is 2. The number of hydrogen-bond donors (Lipinski definition) is 1. The van der Waals surface area contributed by atoms with E-state index in [1.54, 1.807) is 6.07 Å². The van der Waals surface area contributed by atoms with Gasteiger partial charge in [-0.3, -0.25) is 14.2 Å². The summed E-state index contributed by atoms with van der Waals surface area (Å²) in [5.74, 6) is -0.105. The van der Waals surface area contributed by atoms with E-state index in [1.165, 1.54) is 10.9 Å². The minimum Gasteiger partial charge on any atom is -0.448 e. The van der Waals surface area contributed by atoms with Crippen LogP contribution >= 0.6 is 0 Å². The summed E-state index contributed by atoms with van der Waals surface area (Å²) in [5.41, 5.74) is 7.03. The number of nitrogens with two attached hydrogens (primary N) is 1. The molecule has 2 atom stereocenters. The molecule has 2 aromatic heterocycles. The summed E-state index contributed by atoms with van der Waals surface area (Å²) in [4.78, 5) is 31.7. The number of benzene rings is 1. The zero-order valence-corrected chi connectivity index (χ0v) is 14.7. The number of piperidine rings is 1. The van der Waals surface area contributed by atoms with Gasteiger partial charge < -0.3 is 15.1 Å². The summed E-state index contributed by atoms with van der Waals surface area (Å²) in [7, 11) is 0. The fourth-order valence-electron chi connectivity index (χ4n) is 3.78. The molecule has 0 bridgehead atoms. The van der Waals surface area contributed by atoms with Gasteiger partial charge in [0.25, 0.3) is 5.56 Å². The van der Waals surface area contributed by atoms with Gasteiger partial charge in [0.2, 0.25) is 11.5 Å². The highest BCUT2D eigenvalue weighted by Crippen LogP contribution is 2.24. The van der Waals surface area contributed by atoms with Gasteiger partial charge in [-0.1, -0.05) is 12.1 Å². The van der Waals surface area contributed by atoms with Gasteiger partial charge in [0, 0.05) is 24.0 Å². The first-order valence-corrected chi connectivity index (χ1v) is 8.98. The smallest absolute Gasteiger partial charge is 0.297 e. The summed E-state index contributed by atoms with van der Waals surface area (Å²) in [5, 5.41) is 0.797. The lowest BCUT2D eigenvalue weighted by atomic mass is 9.97. The van der Waals surface area contributed by atoms with Gasteiger partial charge in [-0.15, -0.1) is 0 Å². The Labute approximate surface area is 150 Å². The Morgan fingerprint density at radius 1 is 1.38 bits per heavy atom. The summed E-state index contributed by atoms with van der Waals surface area (Å²) < 4.78 is 6.99. The summed E-state index contributed by atoms with van der Waals surface area (Å²) >= 11 is 0. The number of amides is 1. The minimum absolute atomic E-state index is 0.0230. The lowest BCUT2D eigenvalue weighted by molar-refractivity contribution is -0.136. The molecule has 1 amide bonds. The average Bonchev–Trinajstić information content (AvgIpc) is 3.03. The van der Waals surface area contributed by atoms with Crippen molar-refractivity contribution in [2.45, 2.75) is 44.8 Å². The van der Waals surface area contributed by atoms with Crippen molar-refractivity contribution in [1.82, 2.24) is 14.5 Å². The van der Waals surface area contributed by atoms with E-state index in [4.69, 9.17) is 10.2 Å². The highest BCUT2D eigenvalue weighted by Gasteiger charge is 2.29. The van der Waals surface area contributed by atoms with Crippen molar-refractivity contribution in [2.24, 2.45) is 5.73 Å². The molecule has 26 heavy (non-hydrogen) atoms. The molecule has 0 aliphatic carbocycles. The van der Waals surface area contributed by atoms with Crippen LogP contribution in [0.5, 0.6) is 0 Å². The number of rotatable bonds is 3. The Balaban J connectivity index is 1.66. The second kappa shape index (κ2) is 6.57. The standard InChI is InChI=1S/C19H22N4O3/c1-12(20)14-7-4-5-9-23(14)16(24)10-22-11-21-17-13-6-2-3-8-15(13)26-18(17)19(22)25/h2-3,6,8,11-12,14H,4-5,7,9-10,20H2,1H3. The monoisotopic (exact) mass is 354 g/mol. The number of furan rings is 1. The van der Waals surface area contributed by atoms with Gasteiger partial charge in [-0.25, -0.2) is 4.98 Å². The summed E-state index contributed by atoms with van der Waals surface area (Å²) in [6.45, 7) is 2.55. The van der Waals surface area contributed by atoms with Crippen molar-refractivity contribution in [1.29, 1.82) is 0 Å². The van der Waals surface area contributed by atoms with Crippen LogP contribution < -0.4 is 11.3 Å². The van der Waals surface area contributed by atoms with Crippen molar-refractivity contribution in [2.75, 3.05) is 6.54 Å². The van der Waals surface area contributed by atoms with Crippen molar-refractivity contribution in [3.8, 4) is 0 Å². The number of carbonyl (C=O) groups excluding carboxylic acids is 1. The average molecular weight is 354 g/mol. The first kappa shape index (κ1) is 16.8. The Hall–Kier alpha value is -2.67. The predicted molar refractivity (Wildman–Crippen MR) is 98.8 cm³/mol. The third-order valence-electron chi connectivity index (χ3n) is 5.13. The summed E-state index contributed by atoms with van der Waals surface area (Å²) in [6.07, 6.45) is 4.36. The van der Waals surface area contributed by atoms with Gasteiger partial charge in [0.1, 0.15) is 17.6 Å². The highest BCUT2D eigenvalue weighted by atomic mass is 16.3. The molecule has 4 rings (SSSR count). The maximum absolute atomic E-state index is 12.8. The molecule has 2 unspecified atom stereocenters. The molecule has 3 heterocycles. The Bertz CT molecular complexity index is 1020. The van der Waals surface area contributed by atoms with Crippen LogP contribution in [0, 0.1) is 0 Å². The van der Waals surface area contributed by atoms with Gasteiger partial charge >= 0.3 is 0 Å². The highest BCUT2D eigenvalue weighted by molar-refractivity contribution is 6.01. The first-order chi connectivity index (χ1) is 12.6. The molecule has 7 heteroatoms. The van der Waals surface area contributed by atoms with Crippen LogP contribution in [0.15, 0.2) is 39.8 Å². The fraction of sp³-hybridized carbons (Fsp3) is 0.421. The molecule has 1 fully saturated rings. The van der Waals surface area contributed by atoms with Crippen LogP contribution in [0.3, 0.4) is 0 Å². The quantitative estimate of drug-likeness (QED) is 0.775. The molecule has 0 spiro atoms. The number of nitrogens with zero attached hydrogens (tertiary/aromatic N) is 3. The SMILES string of the molecule is CC(N)C1CCCCN1C(=O)Cn1cnc2c(oc3ccccc32)c1=O. The normalized spacial score (nSPS) is 19.2. The summed E-state index contributed by atoms with van der Waals surface area (Å²) in [6, 6.07) is 7.31. The van der Waals surface area contributed by atoms with E-state index in [0.29, 0.717) is 17.6 Å². The second-order valence-electron chi connectivity index (χ2n) is 6.96.